The predicted octanol–water partition coefficient (Wildman–Crippen LogP) is 6.04. The molecule has 3 heterocycles. The lowest BCUT2D eigenvalue weighted by atomic mass is 9.80. The maximum atomic E-state index is 14.1. The minimum absolute atomic E-state index is 0.0849. The minimum Gasteiger partial charge on any atom is -0.490 e. The Labute approximate surface area is 265 Å². The number of aromatic nitrogens is 2. The van der Waals surface area contributed by atoms with Gasteiger partial charge in [0.2, 0.25) is 0 Å². The molecule has 2 fully saturated rings. The zero-order valence-electron chi connectivity index (χ0n) is 24.6. The number of rotatable bonds is 11. The van der Waals surface area contributed by atoms with Gasteiger partial charge < -0.3 is 23.9 Å². The molecule has 45 heavy (non-hydrogen) atoms. The van der Waals surface area contributed by atoms with Crippen molar-refractivity contribution in [1.29, 1.82) is 0 Å². The molecule has 0 saturated carbocycles. The highest BCUT2D eigenvalue weighted by Crippen LogP contribution is 2.33. The molecule has 2 aliphatic heterocycles. The summed E-state index contributed by atoms with van der Waals surface area (Å²) < 4.78 is 34.1. The van der Waals surface area contributed by atoms with Crippen LogP contribution in [-0.4, -0.2) is 57.4 Å². The Hall–Kier alpha value is -4.10. The summed E-state index contributed by atoms with van der Waals surface area (Å²) in [6.45, 7) is 4.17. The lowest BCUT2D eigenvalue weighted by Crippen LogP contribution is -2.39. The summed E-state index contributed by atoms with van der Waals surface area (Å²) in [7, 11) is 0. The van der Waals surface area contributed by atoms with Crippen LogP contribution in [-0.2, 0) is 29.2 Å². The van der Waals surface area contributed by atoms with Gasteiger partial charge in [-0.05, 0) is 72.9 Å². The number of aliphatic carboxylic acids is 1. The topological polar surface area (TPSA) is 86.0 Å². The van der Waals surface area contributed by atoms with Crippen LogP contribution in [0.25, 0.3) is 11.0 Å². The van der Waals surface area contributed by atoms with E-state index in [1.54, 1.807) is 6.07 Å². The van der Waals surface area contributed by atoms with Crippen molar-refractivity contribution in [3.05, 3.63) is 88.5 Å². The standard InChI is InChI=1S/C35H33ClFN3O5/c36-24-5-9-33(30(37)18-24)44-21-22-2-1-3-26(16-22)45-25-10-13-39(14-11-25)20-34-38-31-8-4-23(28-6-7-29(28)35(41)42)17-32(31)40(34)19-27-12-15-43-27/h1-5,8-9,16-18,25,27-29H,10-15,19-21H2,(H,41,42)/t27-,28?,29?/m0/s1. The number of hydrogen-bond acceptors (Lipinski definition) is 6. The van der Waals surface area contributed by atoms with Crippen molar-refractivity contribution in [2.75, 3.05) is 19.7 Å². The largest absolute Gasteiger partial charge is 0.490 e. The first-order chi connectivity index (χ1) is 21.9. The lowest BCUT2D eigenvalue weighted by Gasteiger charge is -2.32. The normalized spacial score (nSPS) is 21.4. The Morgan fingerprint density at radius 2 is 1.93 bits per heavy atom. The van der Waals surface area contributed by atoms with Crippen LogP contribution in [0.1, 0.15) is 42.1 Å². The van der Waals surface area contributed by atoms with Gasteiger partial charge in [-0.15, -0.1) is 0 Å². The molecule has 7 rings (SSSR count). The summed E-state index contributed by atoms with van der Waals surface area (Å²) in [6.07, 6.45) is 3.02. The van der Waals surface area contributed by atoms with Gasteiger partial charge in [0.25, 0.3) is 0 Å². The number of carboxylic acids is 1. The number of carboxylic acid groups (broad SMARTS) is 1. The van der Waals surface area contributed by atoms with Crippen molar-refractivity contribution in [2.24, 2.45) is 5.92 Å². The fourth-order valence-corrected chi connectivity index (χ4v) is 6.27. The van der Waals surface area contributed by atoms with Crippen molar-refractivity contribution in [3.8, 4) is 23.3 Å². The molecule has 3 aromatic carbocycles. The van der Waals surface area contributed by atoms with Crippen molar-refractivity contribution in [1.82, 2.24) is 14.5 Å². The molecule has 2 unspecified atom stereocenters. The molecule has 232 valence electrons. The summed E-state index contributed by atoms with van der Waals surface area (Å²) in [4.78, 5) is 19.0. The van der Waals surface area contributed by atoms with Gasteiger partial charge in [0, 0.05) is 24.7 Å². The first kappa shape index (κ1) is 29.6. The zero-order valence-corrected chi connectivity index (χ0v) is 25.4. The van der Waals surface area contributed by atoms with E-state index in [0.29, 0.717) is 11.6 Å². The number of imidazole rings is 1. The maximum absolute atomic E-state index is 14.1. The zero-order chi connectivity index (χ0) is 30.9. The van der Waals surface area contributed by atoms with Gasteiger partial charge in [-0.25, -0.2) is 9.37 Å². The van der Waals surface area contributed by atoms with Gasteiger partial charge in [0.1, 0.15) is 30.2 Å². The molecule has 1 N–H and O–H groups in total. The average Bonchev–Trinajstić information content (AvgIpc) is 3.31. The van der Waals surface area contributed by atoms with Crippen LogP contribution in [0.5, 0.6) is 11.5 Å². The highest BCUT2D eigenvalue weighted by atomic mass is 35.5. The second kappa shape index (κ2) is 12.7. The Morgan fingerprint density at radius 1 is 1.09 bits per heavy atom. The quantitative estimate of drug-likeness (QED) is 0.202. The number of nitrogens with zero attached hydrogens (tertiary/aromatic N) is 3. The Balaban J connectivity index is 0.983. The van der Waals surface area contributed by atoms with Gasteiger partial charge in [-0.3, -0.25) is 9.69 Å². The van der Waals surface area contributed by atoms with Crippen molar-refractivity contribution >= 4 is 28.6 Å². The van der Waals surface area contributed by atoms with Gasteiger partial charge in [0.05, 0.1) is 36.1 Å². The molecule has 0 amide bonds. The van der Waals surface area contributed by atoms with E-state index in [1.165, 1.54) is 12.1 Å². The third-order valence-electron chi connectivity index (χ3n) is 8.77. The molecule has 0 spiro atoms. The monoisotopic (exact) mass is 629 g/mol. The first-order valence-corrected chi connectivity index (χ1v) is 15.7. The lowest BCUT2D eigenvalue weighted by molar-refractivity contribution is -0.140. The molecule has 8 nitrogen and oxygen atoms in total. The van der Waals surface area contributed by atoms with E-state index in [0.717, 1.165) is 79.2 Å². The molecule has 1 aliphatic carbocycles. The molecule has 1 aromatic heterocycles. The fraction of sp³-hybridized carbons (Fsp3) is 0.371. The molecule has 2 saturated heterocycles. The average molecular weight is 630 g/mol. The number of piperidine rings is 1. The highest BCUT2D eigenvalue weighted by Gasteiger charge is 2.33. The van der Waals surface area contributed by atoms with Crippen LogP contribution in [0.2, 0.25) is 5.02 Å². The second-order valence-corrected chi connectivity index (χ2v) is 12.3. The van der Waals surface area contributed by atoms with Crippen LogP contribution < -0.4 is 9.47 Å². The third kappa shape index (κ3) is 6.50. The summed E-state index contributed by atoms with van der Waals surface area (Å²) in [5.74, 6) is 5.38. The molecule has 4 aromatic rings. The summed E-state index contributed by atoms with van der Waals surface area (Å²) in [5.41, 5.74) is 3.70. The molecule has 10 heteroatoms. The number of hydrogen-bond donors (Lipinski definition) is 1. The van der Waals surface area contributed by atoms with E-state index in [9.17, 15) is 14.3 Å². The van der Waals surface area contributed by atoms with Crippen LogP contribution in [0.3, 0.4) is 0 Å². The molecule has 0 bridgehead atoms. The third-order valence-corrected chi connectivity index (χ3v) is 9.01. The van der Waals surface area contributed by atoms with Crippen LogP contribution in [0, 0.1) is 23.6 Å². The highest BCUT2D eigenvalue weighted by molar-refractivity contribution is 6.30. The summed E-state index contributed by atoms with van der Waals surface area (Å²) in [5, 5.41) is 9.82. The number of ether oxygens (including phenoxy) is 3. The Bertz CT molecular complexity index is 1790. The van der Waals surface area contributed by atoms with E-state index in [2.05, 4.69) is 27.4 Å². The van der Waals surface area contributed by atoms with Gasteiger partial charge >= 0.3 is 5.97 Å². The second-order valence-electron chi connectivity index (χ2n) is 11.9. The van der Waals surface area contributed by atoms with E-state index < -0.39 is 17.7 Å². The molecular formula is C35H33ClFN3O5. The molecule has 3 atom stereocenters. The summed E-state index contributed by atoms with van der Waals surface area (Å²) >= 11 is 5.84. The SMILES string of the molecule is O=C(O)C1C#CC1c1ccc2nc(CN3CCC(Oc4cccc(COc5ccc(Cl)cc5F)c4)CC3)n(C[C@@H]3CCO3)c2c1. The van der Waals surface area contributed by atoms with E-state index in [-0.39, 0.29) is 30.5 Å². The van der Waals surface area contributed by atoms with Gasteiger partial charge in [-0.2, -0.15) is 0 Å². The number of likely N-dealkylation sites (tertiary alicyclic amines) is 1. The number of halogens is 2. The Kier molecular flexibility index (Phi) is 8.37. The van der Waals surface area contributed by atoms with Crippen molar-refractivity contribution < 1.29 is 28.5 Å². The first-order valence-electron chi connectivity index (χ1n) is 15.3. The van der Waals surface area contributed by atoms with Crippen LogP contribution in [0.4, 0.5) is 4.39 Å². The molecule has 3 aliphatic rings. The maximum Gasteiger partial charge on any atom is 0.320 e. The van der Waals surface area contributed by atoms with Gasteiger partial charge in [0.15, 0.2) is 11.6 Å². The number of fused-ring (bicyclic) bond motifs is 1. The Morgan fingerprint density at radius 3 is 2.64 bits per heavy atom. The van der Waals surface area contributed by atoms with Crippen LogP contribution in [0.15, 0.2) is 60.7 Å². The van der Waals surface area contributed by atoms with Gasteiger partial charge in [-0.1, -0.05) is 41.6 Å². The number of benzene rings is 3. The minimum atomic E-state index is -0.879. The van der Waals surface area contributed by atoms with Crippen molar-refractivity contribution in [3.63, 3.8) is 0 Å². The van der Waals surface area contributed by atoms with E-state index >= 15 is 0 Å². The molecule has 0 radical (unpaired) electrons. The van der Waals surface area contributed by atoms with Crippen LogP contribution >= 0.6 is 11.6 Å². The van der Waals surface area contributed by atoms with Crippen molar-refractivity contribution in [2.45, 2.75) is 57.1 Å². The van der Waals surface area contributed by atoms with E-state index in [1.807, 2.05) is 36.4 Å². The number of carbonyl (C=O) groups is 1. The van der Waals surface area contributed by atoms with E-state index in [4.69, 9.17) is 30.8 Å². The summed E-state index contributed by atoms with van der Waals surface area (Å²) in [6, 6.07) is 18.1. The molecular weight excluding hydrogens is 597 g/mol. The predicted molar refractivity (Wildman–Crippen MR) is 167 cm³/mol. The fourth-order valence-electron chi connectivity index (χ4n) is 6.11. The smallest absolute Gasteiger partial charge is 0.320 e.